The third kappa shape index (κ3) is 3.42. The van der Waals surface area contributed by atoms with Gasteiger partial charge >= 0.3 is 0 Å². The summed E-state index contributed by atoms with van der Waals surface area (Å²) in [5, 5.41) is 11.5. The van der Waals surface area contributed by atoms with E-state index in [0.29, 0.717) is 0 Å². The number of nitrogens with one attached hydrogen (secondary N) is 1. The molecular weight excluding hydrogens is 174 g/mol. The molecule has 0 saturated carbocycles. The summed E-state index contributed by atoms with van der Waals surface area (Å²) in [4.78, 5) is 0. The second-order valence-electron chi connectivity index (χ2n) is 3.63. The van der Waals surface area contributed by atoms with Crippen molar-refractivity contribution >= 4 is 0 Å². The van der Waals surface area contributed by atoms with Gasteiger partial charge in [-0.2, -0.15) is 10.2 Å². The van der Waals surface area contributed by atoms with Crippen LogP contribution >= 0.6 is 0 Å². The van der Waals surface area contributed by atoms with Gasteiger partial charge in [0.25, 0.3) is 0 Å². The maximum atomic E-state index is 4.09. The Kier molecular flexibility index (Phi) is 4.53. The summed E-state index contributed by atoms with van der Waals surface area (Å²) in [5.41, 5.74) is 3.27. The first-order valence-electron chi connectivity index (χ1n) is 5.24. The number of unbranched alkanes of at least 4 members (excludes halogenated alkanes) is 1. The number of nitrogens with zero attached hydrogens (tertiary/aromatic N) is 2. The number of aromatic nitrogens is 2. The fourth-order valence-electron chi connectivity index (χ4n) is 1.31. The standard InChI is InChI=1S/C11H19N3/c1-4-5-6-12-8-11-7-9(2)13-14-10(11)3/h7,12H,4-6,8H2,1-3H3. The van der Waals surface area contributed by atoms with Crippen molar-refractivity contribution in [2.75, 3.05) is 6.54 Å². The molecule has 1 rings (SSSR count). The largest absolute Gasteiger partial charge is 0.313 e. The van der Waals surface area contributed by atoms with Crippen LogP contribution in [0, 0.1) is 13.8 Å². The van der Waals surface area contributed by atoms with Crippen molar-refractivity contribution in [3.63, 3.8) is 0 Å². The zero-order valence-electron chi connectivity index (χ0n) is 9.30. The third-order valence-electron chi connectivity index (χ3n) is 2.23. The minimum atomic E-state index is 0.905. The number of hydrogen-bond donors (Lipinski definition) is 1. The summed E-state index contributed by atoms with van der Waals surface area (Å²) >= 11 is 0. The van der Waals surface area contributed by atoms with Gasteiger partial charge in [0.05, 0.1) is 11.4 Å². The maximum absolute atomic E-state index is 4.09. The predicted octanol–water partition coefficient (Wildman–Crippen LogP) is 1.98. The fourth-order valence-corrected chi connectivity index (χ4v) is 1.31. The molecule has 0 unspecified atom stereocenters. The van der Waals surface area contributed by atoms with Gasteiger partial charge in [0.1, 0.15) is 0 Å². The number of hydrogen-bond acceptors (Lipinski definition) is 3. The SMILES string of the molecule is CCCCNCc1cc(C)nnc1C. The number of rotatable bonds is 5. The Bertz CT molecular complexity index is 284. The lowest BCUT2D eigenvalue weighted by molar-refractivity contribution is 0.636. The van der Waals surface area contributed by atoms with Crippen molar-refractivity contribution in [3.8, 4) is 0 Å². The van der Waals surface area contributed by atoms with Crippen LogP contribution in [0.5, 0.6) is 0 Å². The van der Waals surface area contributed by atoms with Gasteiger partial charge in [-0.25, -0.2) is 0 Å². The molecule has 0 aromatic carbocycles. The highest BCUT2D eigenvalue weighted by Gasteiger charge is 1.99. The molecule has 0 atom stereocenters. The molecule has 0 radical (unpaired) electrons. The van der Waals surface area contributed by atoms with Gasteiger partial charge in [-0.1, -0.05) is 13.3 Å². The minimum absolute atomic E-state index is 0.905. The quantitative estimate of drug-likeness (QED) is 0.727. The molecule has 0 amide bonds. The van der Waals surface area contributed by atoms with E-state index in [9.17, 15) is 0 Å². The van der Waals surface area contributed by atoms with E-state index in [1.54, 1.807) is 0 Å². The van der Waals surface area contributed by atoms with Gasteiger partial charge in [0.2, 0.25) is 0 Å². The summed E-state index contributed by atoms with van der Waals surface area (Å²) in [7, 11) is 0. The molecule has 1 aromatic heterocycles. The van der Waals surface area contributed by atoms with Crippen LogP contribution in [-0.4, -0.2) is 16.7 Å². The highest BCUT2D eigenvalue weighted by atomic mass is 15.1. The van der Waals surface area contributed by atoms with Gasteiger partial charge in [0.15, 0.2) is 0 Å². The third-order valence-corrected chi connectivity index (χ3v) is 2.23. The second-order valence-corrected chi connectivity index (χ2v) is 3.63. The fraction of sp³-hybridized carbons (Fsp3) is 0.636. The molecule has 3 nitrogen and oxygen atoms in total. The molecule has 0 saturated heterocycles. The highest BCUT2D eigenvalue weighted by molar-refractivity contribution is 5.19. The Labute approximate surface area is 85.9 Å². The van der Waals surface area contributed by atoms with E-state index in [0.717, 1.165) is 24.5 Å². The normalized spacial score (nSPS) is 10.5. The Balaban J connectivity index is 2.45. The summed E-state index contributed by atoms with van der Waals surface area (Å²) in [6, 6.07) is 2.10. The van der Waals surface area contributed by atoms with Gasteiger partial charge in [-0.05, 0) is 38.4 Å². The molecule has 1 N–H and O–H groups in total. The van der Waals surface area contributed by atoms with Crippen LogP contribution in [0.2, 0.25) is 0 Å². The van der Waals surface area contributed by atoms with Gasteiger partial charge in [-0.3, -0.25) is 0 Å². The zero-order chi connectivity index (χ0) is 10.4. The Morgan fingerprint density at radius 2 is 2.07 bits per heavy atom. The molecule has 14 heavy (non-hydrogen) atoms. The monoisotopic (exact) mass is 193 g/mol. The molecular formula is C11H19N3. The predicted molar refractivity (Wildman–Crippen MR) is 58.1 cm³/mol. The van der Waals surface area contributed by atoms with E-state index in [1.165, 1.54) is 18.4 Å². The molecule has 78 valence electrons. The first-order valence-corrected chi connectivity index (χ1v) is 5.24. The van der Waals surface area contributed by atoms with Crippen molar-refractivity contribution in [2.24, 2.45) is 0 Å². The van der Waals surface area contributed by atoms with Crippen LogP contribution in [0.25, 0.3) is 0 Å². The lowest BCUT2D eigenvalue weighted by Gasteiger charge is -2.06. The smallest absolute Gasteiger partial charge is 0.0645 e. The summed E-state index contributed by atoms with van der Waals surface area (Å²) < 4.78 is 0. The van der Waals surface area contributed by atoms with Crippen molar-refractivity contribution in [3.05, 3.63) is 23.0 Å². The van der Waals surface area contributed by atoms with E-state index in [1.807, 2.05) is 13.8 Å². The molecule has 0 aliphatic carbocycles. The lowest BCUT2D eigenvalue weighted by Crippen LogP contribution is -2.16. The van der Waals surface area contributed by atoms with Crippen LogP contribution < -0.4 is 5.32 Å². The molecule has 0 aliphatic rings. The van der Waals surface area contributed by atoms with Gasteiger partial charge < -0.3 is 5.32 Å². The molecule has 0 fully saturated rings. The van der Waals surface area contributed by atoms with Crippen molar-refractivity contribution in [1.82, 2.24) is 15.5 Å². The van der Waals surface area contributed by atoms with E-state index >= 15 is 0 Å². The highest BCUT2D eigenvalue weighted by Crippen LogP contribution is 2.04. The second kappa shape index (κ2) is 5.70. The minimum Gasteiger partial charge on any atom is -0.313 e. The summed E-state index contributed by atoms with van der Waals surface area (Å²) in [6.07, 6.45) is 2.47. The molecule has 1 aromatic rings. The average molecular weight is 193 g/mol. The maximum Gasteiger partial charge on any atom is 0.0645 e. The van der Waals surface area contributed by atoms with Crippen LogP contribution in [0.3, 0.4) is 0 Å². The Morgan fingerprint density at radius 1 is 1.29 bits per heavy atom. The van der Waals surface area contributed by atoms with Gasteiger partial charge in [0, 0.05) is 6.54 Å². The van der Waals surface area contributed by atoms with E-state index < -0.39 is 0 Å². The van der Waals surface area contributed by atoms with Crippen LogP contribution in [0.15, 0.2) is 6.07 Å². The Morgan fingerprint density at radius 3 is 2.79 bits per heavy atom. The van der Waals surface area contributed by atoms with Crippen molar-refractivity contribution in [2.45, 2.75) is 40.2 Å². The van der Waals surface area contributed by atoms with Crippen LogP contribution in [0.4, 0.5) is 0 Å². The van der Waals surface area contributed by atoms with Crippen molar-refractivity contribution in [1.29, 1.82) is 0 Å². The topological polar surface area (TPSA) is 37.8 Å². The lowest BCUT2D eigenvalue weighted by atomic mass is 10.2. The number of aryl methyl sites for hydroxylation is 2. The Hall–Kier alpha value is -0.960. The molecule has 1 heterocycles. The molecule has 0 bridgehead atoms. The molecule has 0 aliphatic heterocycles. The average Bonchev–Trinajstić information content (AvgIpc) is 2.18. The molecule has 0 spiro atoms. The van der Waals surface area contributed by atoms with Crippen molar-refractivity contribution < 1.29 is 0 Å². The van der Waals surface area contributed by atoms with Gasteiger partial charge in [-0.15, -0.1) is 0 Å². The summed E-state index contributed by atoms with van der Waals surface area (Å²) in [6.45, 7) is 8.16. The van der Waals surface area contributed by atoms with E-state index in [4.69, 9.17) is 0 Å². The first-order chi connectivity index (χ1) is 6.74. The molecule has 3 heteroatoms. The zero-order valence-corrected chi connectivity index (χ0v) is 9.30. The summed E-state index contributed by atoms with van der Waals surface area (Å²) in [5.74, 6) is 0. The van der Waals surface area contributed by atoms with Crippen LogP contribution in [-0.2, 0) is 6.54 Å². The van der Waals surface area contributed by atoms with Crippen LogP contribution in [0.1, 0.15) is 36.7 Å². The first kappa shape index (κ1) is 11.1. The van der Waals surface area contributed by atoms with E-state index in [-0.39, 0.29) is 0 Å². The van der Waals surface area contributed by atoms with E-state index in [2.05, 4.69) is 28.5 Å².